The number of urea groups is 1. The minimum Gasteiger partial charge on any atom is -0.355 e. The molecule has 0 atom stereocenters. The van der Waals surface area contributed by atoms with Crippen LogP contribution in [0.2, 0.25) is 0 Å². The fourth-order valence-corrected chi connectivity index (χ4v) is 4.54. The first-order valence-corrected chi connectivity index (χ1v) is 9.64. The predicted octanol–water partition coefficient (Wildman–Crippen LogP) is -0.468. The number of sulfonamides is 1. The van der Waals surface area contributed by atoms with Crippen molar-refractivity contribution in [2.24, 2.45) is 5.92 Å². The largest absolute Gasteiger partial charge is 0.355 e. The highest BCUT2D eigenvalue weighted by atomic mass is 32.2. The second kappa shape index (κ2) is 7.48. The Balaban J connectivity index is 1.70. The van der Waals surface area contributed by atoms with Crippen molar-refractivity contribution in [3.05, 3.63) is 0 Å². The summed E-state index contributed by atoms with van der Waals surface area (Å²) >= 11 is 0. The van der Waals surface area contributed by atoms with Crippen molar-refractivity contribution in [1.82, 2.24) is 19.4 Å². The van der Waals surface area contributed by atoms with Gasteiger partial charge in [-0.25, -0.2) is 17.5 Å². The molecular formula is C14H26N4O4S. The van der Waals surface area contributed by atoms with Gasteiger partial charge in [0.2, 0.25) is 15.9 Å². The van der Waals surface area contributed by atoms with Gasteiger partial charge in [0, 0.05) is 52.7 Å². The van der Waals surface area contributed by atoms with E-state index >= 15 is 0 Å². The molecule has 2 heterocycles. The van der Waals surface area contributed by atoms with Gasteiger partial charge in [0.25, 0.3) is 0 Å². The number of carbonyl (C=O) groups is 2. The maximum atomic E-state index is 12.2. The van der Waals surface area contributed by atoms with E-state index in [4.69, 9.17) is 0 Å². The summed E-state index contributed by atoms with van der Waals surface area (Å²) in [5, 5.41) is 2.82. The van der Waals surface area contributed by atoms with E-state index < -0.39 is 10.0 Å². The molecule has 2 fully saturated rings. The molecule has 0 radical (unpaired) electrons. The molecular weight excluding hydrogens is 320 g/mol. The first-order chi connectivity index (χ1) is 10.8. The minimum atomic E-state index is -3.10. The number of nitrogens with one attached hydrogen (secondary N) is 1. The van der Waals surface area contributed by atoms with E-state index in [2.05, 4.69) is 5.32 Å². The molecule has 1 N–H and O–H groups in total. The van der Waals surface area contributed by atoms with Crippen LogP contribution in [0.4, 0.5) is 4.79 Å². The molecule has 9 heteroatoms. The Morgan fingerprint density at radius 2 is 1.83 bits per heavy atom. The summed E-state index contributed by atoms with van der Waals surface area (Å²) in [6.45, 7) is 2.38. The van der Waals surface area contributed by atoms with Crippen molar-refractivity contribution in [2.75, 3.05) is 52.6 Å². The van der Waals surface area contributed by atoms with E-state index in [1.165, 1.54) is 9.21 Å². The summed E-state index contributed by atoms with van der Waals surface area (Å²) in [6, 6.07) is -0.0249. The van der Waals surface area contributed by atoms with Crippen LogP contribution in [-0.2, 0) is 14.8 Å². The molecule has 2 rings (SSSR count). The summed E-state index contributed by atoms with van der Waals surface area (Å²) in [7, 11) is 0.330. The van der Waals surface area contributed by atoms with Gasteiger partial charge in [0.05, 0.1) is 5.75 Å². The molecule has 0 saturated carbocycles. The molecule has 2 aliphatic rings. The Hall–Kier alpha value is -1.35. The van der Waals surface area contributed by atoms with Crippen LogP contribution in [0.25, 0.3) is 0 Å². The standard InChI is InChI=1S/C14H26N4O4S/c1-16(2)14(20)17-8-4-12(5-9-17)13(19)15-6-10-18-7-3-11-23(18,21)22/h12H,3-11H2,1-2H3,(H,15,19). The third-order valence-corrected chi connectivity index (χ3v) is 6.34. The van der Waals surface area contributed by atoms with Crippen LogP contribution in [0.1, 0.15) is 19.3 Å². The Labute approximate surface area is 137 Å². The molecule has 0 aliphatic carbocycles. The Morgan fingerprint density at radius 3 is 2.35 bits per heavy atom. The number of nitrogens with zero attached hydrogens (tertiary/aromatic N) is 3. The van der Waals surface area contributed by atoms with Gasteiger partial charge in [-0.2, -0.15) is 0 Å². The summed E-state index contributed by atoms with van der Waals surface area (Å²) in [5.74, 6) is 0.0641. The Kier molecular flexibility index (Phi) is 5.85. The lowest BCUT2D eigenvalue weighted by Gasteiger charge is -2.33. The lowest BCUT2D eigenvalue weighted by molar-refractivity contribution is -0.126. The Bertz CT molecular complexity index is 541. The lowest BCUT2D eigenvalue weighted by Crippen LogP contribution is -2.47. The van der Waals surface area contributed by atoms with Crippen molar-refractivity contribution in [1.29, 1.82) is 0 Å². The average Bonchev–Trinajstić information content (AvgIpc) is 2.85. The van der Waals surface area contributed by atoms with Crippen LogP contribution in [0, 0.1) is 5.92 Å². The minimum absolute atomic E-state index is 0.0249. The van der Waals surface area contributed by atoms with Crippen LogP contribution in [0.15, 0.2) is 0 Å². The van der Waals surface area contributed by atoms with E-state index in [1.807, 2.05) is 0 Å². The monoisotopic (exact) mass is 346 g/mol. The molecule has 0 unspecified atom stereocenters. The van der Waals surface area contributed by atoms with E-state index in [0.717, 1.165) is 0 Å². The normalized spacial score (nSPS) is 22.1. The SMILES string of the molecule is CN(C)C(=O)N1CCC(C(=O)NCCN2CCCS2(=O)=O)CC1. The maximum Gasteiger partial charge on any atom is 0.319 e. The summed E-state index contributed by atoms with van der Waals surface area (Å²) < 4.78 is 24.8. The van der Waals surface area contributed by atoms with Crippen molar-refractivity contribution >= 4 is 22.0 Å². The zero-order valence-electron chi connectivity index (χ0n) is 13.8. The highest BCUT2D eigenvalue weighted by Crippen LogP contribution is 2.18. The summed E-state index contributed by atoms with van der Waals surface area (Å²) in [5.41, 5.74) is 0. The third kappa shape index (κ3) is 4.57. The fourth-order valence-electron chi connectivity index (χ4n) is 3.01. The van der Waals surface area contributed by atoms with Gasteiger partial charge in [-0.05, 0) is 19.3 Å². The van der Waals surface area contributed by atoms with Gasteiger partial charge in [0.15, 0.2) is 0 Å². The fraction of sp³-hybridized carbons (Fsp3) is 0.857. The van der Waals surface area contributed by atoms with Crippen molar-refractivity contribution in [3.63, 3.8) is 0 Å². The van der Waals surface area contributed by atoms with Crippen molar-refractivity contribution in [3.8, 4) is 0 Å². The highest BCUT2D eigenvalue weighted by Gasteiger charge is 2.29. The van der Waals surface area contributed by atoms with E-state index in [9.17, 15) is 18.0 Å². The van der Waals surface area contributed by atoms with Crippen LogP contribution in [0.5, 0.6) is 0 Å². The van der Waals surface area contributed by atoms with Crippen molar-refractivity contribution < 1.29 is 18.0 Å². The van der Waals surface area contributed by atoms with Gasteiger partial charge in [-0.15, -0.1) is 0 Å². The summed E-state index contributed by atoms with van der Waals surface area (Å²) in [4.78, 5) is 27.3. The molecule has 2 saturated heterocycles. The maximum absolute atomic E-state index is 12.2. The van der Waals surface area contributed by atoms with Crippen LogP contribution in [0.3, 0.4) is 0 Å². The number of piperidine rings is 1. The van der Waals surface area contributed by atoms with Gasteiger partial charge in [0.1, 0.15) is 0 Å². The third-order valence-electron chi connectivity index (χ3n) is 4.38. The van der Waals surface area contributed by atoms with E-state index in [-0.39, 0.29) is 23.6 Å². The zero-order chi connectivity index (χ0) is 17.0. The number of amides is 3. The topological polar surface area (TPSA) is 90.0 Å². The second-order valence-electron chi connectivity index (χ2n) is 6.30. The average molecular weight is 346 g/mol. The number of likely N-dealkylation sites (tertiary alicyclic amines) is 1. The molecule has 3 amide bonds. The van der Waals surface area contributed by atoms with E-state index in [1.54, 1.807) is 19.0 Å². The molecule has 2 aliphatic heterocycles. The number of carbonyl (C=O) groups excluding carboxylic acids is 2. The number of rotatable bonds is 4. The quantitative estimate of drug-likeness (QED) is 0.745. The molecule has 0 aromatic rings. The molecule has 0 spiro atoms. The number of hydrogen-bond acceptors (Lipinski definition) is 4. The first kappa shape index (κ1) is 18.0. The van der Waals surface area contributed by atoms with Crippen LogP contribution < -0.4 is 5.32 Å². The van der Waals surface area contributed by atoms with Crippen molar-refractivity contribution in [2.45, 2.75) is 19.3 Å². The molecule has 8 nitrogen and oxygen atoms in total. The second-order valence-corrected chi connectivity index (χ2v) is 8.39. The highest BCUT2D eigenvalue weighted by molar-refractivity contribution is 7.89. The summed E-state index contributed by atoms with van der Waals surface area (Å²) in [6.07, 6.45) is 1.95. The smallest absolute Gasteiger partial charge is 0.319 e. The molecule has 23 heavy (non-hydrogen) atoms. The molecule has 0 bridgehead atoms. The predicted molar refractivity (Wildman–Crippen MR) is 86.4 cm³/mol. The van der Waals surface area contributed by atoms with E-state index in [0.29, 0.717) is 52.0 Å². The van der Waals surface area contributed by atoms with Gasteiger partial charge in [-0.3, -0.25) is 4.79 Å². The molecule has 0 aromatic heterocycles. The Morgan fingerprint density at radius 1 is 1.17 bits per heavy atom. The molecule has 132 valence electrons. The molecule has 0 aromatic carbocycles. The van der Waals surface area contributed by atoms with Crippen LogP contribution in [-0.4, -0.2) is 87.0 Å². The lowest BCUT2D eigenvalue weighted by atomic mass is 9.96. The van der Waals surface area contributed by atoms with Gasteiger partial charge < -0.3 is 15.1 Å². The van der Waals surface area contributed by atoms with Gasteiger partial charge in [-0.1, -0.05) is 0 Å². The van der Waals surface area contributed by atoms with Crippen LogP contribution >= 0.6 is 0 Å². The first-order valence-electron chi connectivity index (χ1n) is 8.03. The van der Waals surface area contributed by atoms with Gasteiger partial charge >= 0.3 is 6.03 Å². The number of hydrogen-bond donors (Lipinski definition) is 1. The zero-order valence-corrected chi connectivity index (χ0v) is 14.6.